The highest BCUT2D eigenvalue weighted by Crippen LogP contribution is 2.26. The minimum absolute atomic E-state index is 0.0290. The first kappa shape index (κ1) is 19.3. The van der Waals surface area contributed by atoms with Crippen molar-refractivity contribution in [2.45, 2.75) is 64.1 Å². The fraction of sp³-hybridized carbons (Fsp3) is 0.750. The van der Waals surface area contributed by atoms with E-state index in [0.29, 0.717) is 19.2 Å². The van der Waals surface area contributed by atoms with Crippen LogP contribution in [0.3, 0.4) is 0 Å². The van der Waals surface area contributed by atoms with Gasteiger partial charge in [-0.3, -0.25) is 10.1 Å². The summed E-state index contributed by atoms with van der Waals surface area (Å²) in [6.07, 6.45) is 4.95. The number of hydrogen-bond acceptors (Lipinski definition) is 8. The number of aliphatic hydroxyl groups excluding tert-OH is 1. The Kier molecular flexibility index (Phi) is 7.32. The molecule has 2 fully saturated rings. The second-order valence-electron chi connectivity index (χ2n) is 6.04. The van der Waals surface area contributed by atoms with Crippen molar-refractivity contribution < 1.29 is 14.8 Å². The largest absolute Gasteiger partial charge is 0.393 e. The summed E-state index contributed by atoms with van der Waals surface area (Å²) < 4.78 is 5.28. The maximum Gasteiger partial charge on any atom is 0.329 e. The molecule has 2 aliphatic rings. The van der Waals surface area contributed by atoms with Gasteiger partial charge in [-0.2, -0.15) is 4.98 Å². The SMILES string of the molecule is CC.O=[N+]([O-])c1cnc(NC2CCC(O)CC2)nc1NC1CCOC1. The Morgan fingerprint density at radius 2 is 1.92 bits per heavy atom. The van der Waals surface area contributed by atoms with Crippen LogP contribution in [0.2, 0.25) is 0 Å². The Balaban J connectivity index is 0.00000109. The lowest BCUT2D eigenvalue weighted by molar-refractivity contribution is -0.384. The molecular formula is C16H27N5O4. The Morgan fingerprint density at radius 3 is 2.52 bits per heavy atom. The molecular weight excluding hydrogens is 326 g/mol. The quantitative estimate of drug-likeness (QED) is 0.544. The predicted octanol–water partition coefficient (Wildman–Crippen LogP) is 2.33. The Morgan fingerprint density at radius 1 is 1.20 bits per heavy atom. The Bertz CT molecular complexity index is 557. The number of rotatable bonds is 5. The standard InChI is InChI=1S/C14H21N5O4.C2H6/c20-11-3-1-9(2-4-11)17-14-15-7-12(19(21)22)13(18-14)16-10-5-6-23-8-10;1-2/h7,9-11,20H,1-6,8H2,(H2,15,16,17,18);1-2H3. The lowest BCUT2D eigenvalue weighted by atomic mass is 9.93. The normalized spacial score (nSPS) is 25.6. The first-order valence-electron chi connectivity index (χ1n) is 8.92. The highest BCUT2D eigenvalue weighted by molar-refractivity contribution is 5.57. The molecule has 9 nitrogen and oxygen atoms in total. The molecule has 3 rings (SSSR count). The van der Waals surface area contributed by atoms with Crippen LogP contribution in [0.15, 0.2) is 6.20 Å². The van der Waals surface area contributed by atoms with Crippen LogP contribution in [-0.4, -0.2) is 51.4 Å². The van der Waals surface area contributed by atoms with Crippen molar-refractivity contribution in [1.29, 1.82) is 0 Å². The van der Waals surface area contributed by atoms with Crippen LogP contribution in [0.4, 0.5) is 17.5 Å². The molecule has 3 N–H and O–H groups in total. The monoisotopic (exact) mass is 353 g/mol. The van der Waals surface area contributed by atoms with Gasteiger partial charge in [-0.15, -0.1) is 0 Å². The van der Waals surface area contributed by atoms with Crippen LogP contribution in [0.5, 0.6) is 0 Å². The zero-order valence-corrected chi connectivity index (χ0v) is 14.8. The predicted molar refractivity (Wildman–Crippen MR) is 94.8 cm³/mol. The van der Waals surface area contributed by atoms with Crippen molar-refractivity contribution in [2.24, 2.45) is 0 Å². The van der Waals surface area contributed by atoms with Gasteiger partial charge in [0.05, 0.1) is 23.7 Å². The molecule has 9 heteroatoms. The number of nitrogens with zero attached hydrogens (tertiary/aromatic N) is 3. The summed E-state index contributed by atoms with van der Waals surface area (Å²) in [5.41, 5.74) is -0.137. The molecule has 1 saturated carbocycles. The van der Waals surface area contributed by atoms with E-state index in [-0.39, 0.29) is 29.7 Å². The molecule has 1 aromatic heterocycles. The lowest BCUT2D eigenvalue weighted by Gasteiger charge is -2.26. The van der Waals surface area contributed by atoms with Crippen LogP contribution >= 0.6 is 0 Å². The molecule has 1 atom stereocenters. The molecule has 25 heavy (non-hydrogen) atoms. The van der Waals surface area contributed by atoms with E-state index in [0.717, 1.165) is 32.1 Å². The zero-order chi connectivity index (χ0) is 18.2. The van der Waals surface area contributed by atoms with Crippen LogP contribution < -0.4 is 10.6 Å². The maximum absolute atomic E-state index is 11.1. The van der Waals surface area contributed by atoms with E-state index in [2.05, 4.69) is 20.6 Å². The highest BCUT2D eigenvalue weighted by atomic mass is 16.6. The first-order valence-corrected chi connectivity index (χ1v) is 8.92. The van der Waals surface area contributed by atoms with Gasteiger partial charge in [0, 0.05) is 12.6 Å². The minimum atomic E-state index is -0.487. The number of aliphatic hydroxyl groups is 1. The Hall–Kier alpha value is -2.00. The van der Waals surface area contributed by atoms with Gasteiger partial charge < -0.3 is 20.5 Å². The second-order valence-corrected chi connectivity index (χ2v) is 6.04. The van der Waals surface area contributed by atoms with Crippen LogP contribution in [0.25, 0.3) is 0 Å². The molecule has 0 bridgehead atoms. The molecule has 1 unspecified atom stereocenters. The van der Waals surface area contributed by atoms with Crippen molar-refractivity contribution in [1.82, 2.24) is 9.97 Å². The van der Waals surface area contributed by atoms with Crippen LogP contribution in [0.1, 0.15) is 46.0 Å². The molecule has 0 amide bonds. The van der Waals surface area contributed by atoms with E-state index in [1.54, 1.807) is 0 Å². The molecule has 0 radical (unpaired) electrons. The maximum atomic E-state index is 11.1. The van der Waals surface area contributed by atoms with Crippen molar-refractivity contribution >= 4 is 17.5 Å². The van der Waals surface area contributed by atoms with Gasteiger partial charge in [-0.1, -0.05) is 13.8 Å². The molecule has 0 spiro atoms. The van der Waals surface area contributed by atoms with Crippen molar-refractivity contribution in [3.05, 3.63) is 16.3 Å². The molecule has 1 saturated heterocycles. The fourth-order valence-electron chi connectivity index (χ4n) is 2.93. The average Bonchev–Trinajstić information content (AvgIpc) is 3.12. The van der Waals surface area contributed by atoms with E-state index < -0.39 is 4.92 Å². The first-order chi connectivity index (χ1) is 12.1. The lowest BCUT2D eigenvalue weighted by Crippen LogP contribution is -2.29. The molecule has 0 aromatic carbocycles. The third kappa shape index (κ3) is 5.50. The number of nitro groups is 1. The number of hydrogen-bond donors (Lipinski definition) is 3. The topological polar surface area (TPSA) is 122 Å². The third-order valence-electron chi connectivity index (χ3n) is 4.27. The zero-order valence-electron chi connectivity index (χ0n) is 14.8. The summed E-state index contributed by atoms with van der Waals surface area (Å²) in [7, 11) is 0. The van der Waals surface area contributed by atoms with E-state index in [1.165, 1.54) is 6.20 Å². The molecule has 140 valence electrons. The molecule has 1 aliphatic heterocycles. The van der Waals surface area contributed by atoms with Gasteiger partial charge >= 0.3 is 5.69 Å². The van der Waals surface area contributed by atoms with E-state index in [4.69, 9.17) is 4.74 Å². The molecule has 1 aliphatic carbocycles. The van der Waals surface area contributed by atoms with Crippen molar-refractivity contribution in [3.8, 4) is 0 Å². The van der Waals surface area contributed by atoms with Crippen molar-refractivity contribution in [3.63, 3.8) is 0 Å². The van der Waals surface area contributed by atoms with Gasteiger partial charge in [0.25, 0.3) is 0 Å². The fourth-order valence-corrected chi connectivity index (χ4v) is 2.93. The summed E-state index contributed by atoms with van der Waals surface area (Å²) in [4.78, 5) is 19.0. The van der Waals surface area contributed by atoms with Gasteiger partial charge in [0.2, 0.25) is 11.8 Å². The van der Waals surface area contributed by atoms with Gasteiger partial charge in [-0.25, -0.2) is 4.98 Å². The molecule has 1 aromatic rings. The van der Waals surface area contributed by atoms with E-state index in [1.807, 2.05) is 13.8 Å². The second kappa shape index (κ2) is 9.47. The van der Waals surface area contributed by atoms with Crippen LogP contribution in [-0.2, 0) is 4.74 Å². The summed E-state index contributed by atoms with van der Waals surface area (Å²) in [5.74, 6) is 0.595. The van der Waals surface area contributed by atoms with Gasteiger partial charge in [0.15, 0.2) is 0 Å². The summed E-state index contributed by atoms with van der Waals surface area (Å²) in [6, 6.07) is 0.212. The third-order valence-corrected chi connectivity index (χ3v) is 4.27. The number of ether oxygens (including phenoxy) is 1. The number of anilines is 2. The van der Waals surface area contributed by atoms with Crippen LogP contribution in [0, 0.1) is 10.1 Å². The minimum Gasteiger partial charge on any atom is -0.393 e. The van der Waals surface area contributed by atoms with E-state index >= 15 is 0 Å². The Labute approximate surface area is 147 Å². The van der Waals surface area contributed by atoms with Gasteiger partial charge in [0.1, 0.15) is 6.20 Å². The number of aromatic nitrogens is 2. The summed E-state index contributed by atoms with van der Waals surface area (Å²) >= 11 is 0. The average molecular weight is 353 g/mol. The van der Waals surface area contributed by atoms with E-state index in [9.17, 15) is 15.2 Å². The smallest absolute Gasteiger partial charge is 0.329 e. The summed E-state index contributed by atoms with van der Waals surface area (Å²) in [6.45, 7) is 5.16. The summed E-state index contributed by atoms with van der Waals surface area (Å²) in [5, 5.41) is 27.0. The highest BCUT2D eigenvalue weighted by Gasteiger charge is 2.24. The molecule has 2 heterocycles. The van der Waals surface area contributed by atoms with Crippen molar-refractivity contribution in [2.75, 3.05) is 23.8 Å². The number of nitrogens with one attached hydrogen (secondary N) is 2. The van der Waals surface area contributed by atoms with Gasteiger partial charge in [-0.05, 0) is 32.1 Å².